The number of benzene rings is 2. The van der Waals surface area contributed by atoms with Crippen LogP contribution in [0.1, 0.15) is 65.3 Å². The van der Waals surface area contributed by atoms with Crippen molar-refractivity contribution in [1.29, 1.82) is 0 Å². The number of hydrogen-bond donors (Lipinski definition) is 2. The van der Waals surface area contributed by atoms with Crippen molar-refractivity contribution in [3.05, 3.63) is 110 Å². The highest BCUT2D eigenvalue weighted by molar-refractivity contribution is 7.99. The third-order valence-electron chi connectivity index (χ3n) is 10.1. The van der Waals surface area contributed by atoms with Gasteiger partial charge in [0.25, 0.3) is 30.8 Å². The largest absolute Gasteiger partial charge is 0.344 e. The number of carbonyl (C=O) groups excluding carboxylic acids is 1. The van der Waals surface area contributed by atoms with Crippen LogP contribution in [0.5, 0.6) is 0 Å². The van der Waals surface area contributed by atoms with E-state index in [0.717, 1.165) is 51.7 Å². The number of rotatable bonds is 14. The molecule has 2 aliphatic rings. The first-order valence-corrected chi connectivity index (χ1v) is 19.6. The van der Waals surface area contributed by atoms with E-state index in [9.17, 15) is 44.7 Å². The van der Waals surface area contributed by atoms with E-state index in [4.69, 9.17) is 11.6 Å². The monoisotopic (exact) mass is 900 g/mol. The third-order valence-corrected chi connectivity index (χ3v) is 10.8. The van der Waals surface area contributed by atoms with Crippen molar-refractivity contribution >= 4 is 46.2 Å². The van der Waals surface area contributed by atoms with Gasteiger partial charge in [0.2, 0.25) is 5.91 Å². The molecule has 3 unspecified atom stereocenters. The Kier molecular flexibility index (Phi) is 11.0. The molecule has 4 aromatic heterocycles. The number of nitrogens with one attached hydrogen (secondary N) is 2. The van der Waals surface area contributed by atoms with E-state index in [1.54, 1.807) is 6.26 Å². The molecule has 0 saturated heterocycles. The second kappa shape index (κ2) is 16.0. The molecule has 24 heteroatoms. The second-order valence-corrected chi connectivity index (χ2v) is 15.1. The molecule has 0 bridgehead atoms. The smallest absolute Gasteiger partial charge is 0.293 e. The molecule has 2 aromatic carbocycles. The standard InChI is InChI=1S/C37H27ClF10N10O2S/c1-61-55-35-28-19(38)2-3-23(30(28)56(54-35)12-24(41)42)58-26(60)11-21(34-49-5-4-20(51-34)32(43)44)52-36(58)22(8-14-6-15(39)9-16(40)7-14)50-25(59)13-57-31-27(29(53-57)33(45)46)17-10-18(17)37(31,47)48/h2-7,9,11,17-18,22,24,32-33H,8,10,12-13H2,1H3,(H,50,59)(H,54,55). The van der Waals surface area contributed by atoms with Crippen LogP contribution in [-0.2, 0) is 30.2 Å². The van der Waals surface area contributed by atoms with Crippen LogP contribution >= 0.6 is 23.5 Å². The molecular weight excluding hydrogens is 874 g/mol. The van der Waals surface area contributed by atoms with Gasteiger partial charge in [-0.2, -0.15) is 19.0 Å². The van der Waals surface area contributed by atoms with Crippen LogP contribution in [0, 0.1) is 17.6 Å². The lowest BCUT2D eigenvalue weighted by Gasteiger charge is -2.24. The number of carbonyl (C=O) groups is 1. The molecule has 12 nitrogen and oxygen atoms in total. The first-order chi connectivity index (χ1) is 29.0. The van der Waals surface area contributed by atoms with Crippen molar-refractivity contribution in [2.24, 2.45) is 5.92 Å². The molecule has 0 radical (unpaired) electrons. The molecule has 2 N–H and O–H groups in total. The minimum Gasteiger partial charge on any atom is -0.344 e. The maximum Gasteiger partial charge on any atom is 0.293 e. The van der Waals surface area contributed by atoms with Crippen LogP contribution < -0.4 is 15.6 Å². The van der Waals surface area contributed by atoms with E-state index in [-0.39, 0.29) is 45.0 Å². The average Bonchev–Trinajstić information content (AvgIpc) is 3.71. The van der Waals surface area contributed by atoms with Gasteiger partial charge in [0.05, 0.1) is 27.7 Å². The number of hydrogen-bond acceptors (Lipinski definition) is 9. The van der Waals surface area contributed by atoms with Gasteiger partial charge in [0, 0.05) is 42.5 Å². The Morgan fingerprint density at radius 3 is 2.39 bits per heavy atom. The number of fused-ring (bicyclic) bond motifs is 4. The molecule has 8 rings (SSSR count). The van der Waals surface area contributed by atoms with Gasteiger partial charge in [-0.3, -0.25) is 23.5 Å². The Hall–Kier alpha value is -5.71. The fourth-order valence-corrected chi connectivity index (χ4v) is 8.29. The molecule has 6 aromatic rings. The zero-order valence-corrected chi connectivity index (χ0v) is 32.4. The first kappa shape index (κ1) is 42.0. The number of anilines is 1. The number of alkyl halides is 8. The number of nitrogens with zero attached hydrogens (tertiary/aromatic N) is 8. The van der Waals surface area contributed by atoms with E-state index in [1.165, 1.54) is 12.1 Å². The molecule has 61 heavy (non-hydrogen) atoms. The van der Waals surface area contributed by atoms with Gasteiger partial charge in [-0.1, -0.05) is 23.5 Å². The minimum atomic E-state index is -3.62. The fourth-order valence-electron chi connectivity index (χ4n) is 7.71. The molecule has 0 aliphatic heterocycles. The predicted octanol–water partition coefficient (Wildman–Crippen LogP) is 8.31. The van der Waals surface area contributed by atoms with Crippen LogP contribution in [0.15, 0.2) is 53.5 Å². The Labute approximate surface area is 345 Å². The Morgan fingerprint density at radius 2 is 1.72 bits per heavy atom. The summed E-state index contributed by atoms with van der Waals surface area (Å²) in [6.07, 6.45) is -7.52. The number of halogens is 11. The summed E-state index contributed by atoms with van der Waals surface area (Å²) < 4.78 is 149. The SMILES string of the molecule is CSNc1nn(CC(F)F)c2c(-n3c(C(Cc4cc(F)cc(F)c4)NC(=O)Cn4nc(C(F)F)c5c4C(F)(F)C4CC54)nc(-c4nccc(C(F)F)n4)cc3=O)ccc(Cl)c12. The summed E-state index contributed by atoms with van der Waals surface area (Å²) in [6, 6.07) is 4.75. The second-order valence-electron chi connectivity index (χ2n) is 14.1. The first-order valence-electron chi connectivity index (χ1n) is 18.0. The Balaban J connectivity index is 1.34. The lowest BCUT2D eigenvalue weighted by Crippen LogP contribution is -2.38. The summed E-state index contributed by atoms with van der Waals surface area (Å²) in [5, 5.41) is 10.4. The van der Waals surface area contributed by atoms with Crippen LogP contribution in [0.4, 0.5) is 49.7 Å². The summed E-state index contributed by atoms with van der Waals surface area (Å²) in [5.41, 5.74) is -5.04. The maximum atomic E-state index is 15.5. The Morgan fingerprint density at radius 1 is 0.984 bits per heavy atom. The van der Waals surface area contributed by atoms with Gasteiger partial charge in [-0.05, 0) is 48.2 Å². The Bertz CT molecular complexity index is 2740. The van der Waals surface area contributed by atoms with Crippen LogP contribution in [0.25, 0.3) is 28.1 Å². The van der Waals surface area contributed by atoms with Gasteiger partial charge in [0.15, 0.2) is 11.6 Å². The topological polar surface area (TPSA) is 137 Å². The van der Waals surface area contributed by atoms with Crippen LogP contribution in [0.2, 0.25) is 5.02 Å². The normalized spacial score (nSPS) is 17.0. The zero-order valence-electron chi connectivity index (χ0n) is 30.9. The van der Waals surface area contributed by atoms with Crippen molar-refractivity contribution in [2.45, 2.75) is 63.1 Å². The van der Waals surface area contributed by atoms with Crippen molar-refractivity contribution in [3.8, 4) is 17.2 Å². The van der Waals surface area contributed by atoms with Gasteiger partial charge >= 0.3 is 0 Å². The summed E-state index contributed by atoms with van der Waals surface area (Å²) in [7, 11) is 0. The molecule has 320 valence electrons. The summed E-state index contributed by atoms with van der Waals surface area (Å²) in [5.74, 6) is -10.2. The van der Waals surface area contributed by atoms with E-state index < -0.39 is 120 Å². The van der Waals surface area contributed by atoms with Gasteiger partial charge in [-0.25, -0.2) is 50.1 Å². The predicted molar refractivity (Wildman–Crippen MR) is 200 cm³/mol. The van der Waals surface area contributed by atoms with E-state index in [0.29, 0.717) is 10.7 Å². The van der Waals surface area contributed by atoms with E-state index in [1.807, 2.05) is 0 Å². The summed E-state index contributed by atoms with van der Waals surface area (Å²) >= 11 is 7.59. The molecule has 1 amide bonds. The average molecular weight is 901 g/mol. The maximum absolute atomic E-state index is 15.5. The fraction of sp³-hybridized carbons (Fsp3) is 0.324. The van der Waals surface area contributed by atoms with Crippen molar-refractivity contribution in [3.63, 3.8) is 0 Å². The van der Waals surface area contributed by atoms with Crippen molar-refractivity contribution in [1.82, 2.24) is 44.4 Å². The zero-order chi connectivity index (χ0) is 43.7. The minimum absolute atomic E-state index is 0.00385. The molecule has 4 heterocycles. The highest BCUT2D eigenvalue weighted by atomic mass is 35.5. The van der Waals surface area contributed by atoms with Gasteiger partial charge in [-0.15, -0.1) is 0 Å². The van der Waals surface area contributed by atoms with Crippen molar-refractivity contribution < 1.29 is 48.7 Å². The van der Waals surface area contributed by atoms with Gasteiger partial charge in [0.1, 0.15) is 53.3 Å². The lowest BCUT2D eigenvalue weighted by atomic mass is 10.0. The third kappa shape index (κ3) is 7.76. The lowest BCUT2D eigenvalue weighted by molar-refractivity contribution is -0.123. The highest BCUT2D eigenvalue weighted by Gasteiger charge is 2.67. The summed E-state index contributed by atoms with van der Waals surface area (Å²) in [4.78, 5) is 40.7. The van der Waals surface area contributed by atoms with E-state index in [2.05, 4.69) is 35.2 Å². The molecule has 1 fully saturated rings. The molecule has 1 saturated carbocycles. The molecule has 0 spiro atoms. The molecule has 2 aliphatic carbocycles. The van der Waals surface area contributed by atoms with Gasteiger partial charge < -0.3 is 10.0 Å². The van der Waals surface area contributed by atoms with Crippen LogP contribution in [-0.4, -0.2) is 57.7 Å². The van der Waals surface area contributed by atoms with Crippen LogP contribution in [0.3, 0.4) is 0 Å². The molecular formula is C37H27ClF10N10O2S. The van der Waals surface area contributed by atoms with E-state index >= 15 is 8.78 Å². The number of amides is 1. The molecule has 3 atom stereocenters. The summed E-state index contributed by atoms with van der Waals surface area (Å²) in [6.45, 7) is -2.13. The highest BCUT2D eigenvalue weighted by Crippen LogP contribution is 2.68. The number of aromatic nitrogens is 8. The quantitative estimate of drug-likeness (QED) is 0.0817. The van der Waals surface area contributed by atoms with Crippen molar-refractivity contribution in [2.75, 3.05) is 11.0 Å².